The first kappa shape index (κ1) is 21.9. The highest BCUT2D eigenvalue weighted by Crippen LogP contribution is 2.29. The lowest BCUT2D eigenvalue weighted by Gasteiger charge is -2.10. The molecule has 0 saturated carbocycles. The van der Waals surface area contributed by atoms with Crippen molar-refractivity contribution in [2.75, 3.05) is 0 Å². The predicted octanol–water partition coefficient (Wildman–Crippen LogP) is 2.73. The lowest BCUT2D eigenvalue weighted by atomic mass is 10.1. The maximum atomic E-state index is 11.0. The van der Waals surface area contributed by atoms with Gasteiger partial charge >= 0.3 is 17.9 Å². The Balaban J connectivity index is 0.000000377. The molecule has 0 amide bonds. The maximum absolute atomic E-state index is 11.0. The molecule has 0 spiro atoms. The molecule has 2 aromatic carbocycles. The average Bonchev–Trinajstić information content (AvgIpc) is 2.62. The molecule has 0 bridgehead atoms. The van der Waals surface area contributed by atoms with Crippen LogP contribution in [-0.4, -0.2) is 28.1 Å². The van der Waals surface area contributed by atoms with Crippen molar-refractivity contribution in [1.29, 1.82) is 0 Å². The summed E-state index contributed by atoms with van der Waals surface area (Å²) in [6.45, 7) is 2.60. The molecule has 0 radical (unpaired) electrons. The molecule has 0 aliphatic carbocycles. The first-order chi connectivity index (χ1) is 12.8. The molecule has 0 aliphatic heterocycles. The first-order valence-corrected chi connectivity index (χ1v) is 8.18. The van der Waals surface area contributed by atoms with Gasteiger partial charge in [-0.05, 0) is 29.7 Å². The number of ether oxygens (including phenoxy) is 2. The van der Waals surface area contributed by atoms with Crippen molar-refractivity contribution in [3.8, 4) is 11.5 Å². The van der Waals surface area contributed by atoms with E-state index in [1.807, 2.05) is 30.3 Å². The molecule has 0 fully saturated rings. The second kappa shape index (κ2) is 11.4. The Morgan fingerprint density at radius 2 is 1.44 bits per heavy atom. The molecule has 2 aromatic rings. The van der Waals surface area contributed by atoms with Crippen LogP contribution in [0.5, 0.6) is 11.5 Å². The Kier molecular flexibility index (Phi) is 9.25. The predicted molar refractivity (Wildman–Crippen MR) is 97.4 cm³/mol. The number of aryl methyl sites for hydroxylation is 1. The van der Waals surface area contributed by atoms with Gasteiger partial charge in [0.05, 0.1) is 6.61 Å². The highest BCUT2D eigenvalue weighted by molar-refractivity contribution is 5.74. The van der Waals surface area contributed by atoms with Gasteiger partial charge in [-0.1, -0.05) is 36.4 Å². The van der Waals surface area contributed by atoms with E-state index in [0.717, 1.165) is 5.56 Å². The number of rotatable bonds is 6. The number of aliphatic hydroxyl groups excluding tert-OH is 1. The Labute approximate surface area is 157 Å². The Morgan fingerprint density at radius 1 is 0.852 bits per heavy atom. The van der Waals surface area contributed by atoms with Crippen molar-refractivity contribution in [2.24, 2.45) is 0 Å². The monoisotopic (exact) mass is 374 g/mol. The van der Waals surface area contributed by atoms with Crippen LogP contribution in [0.25, 0.3) is 0 Å². The van der Waals surface area contributed by atoms with Crippen LogP contribution in [0.1, 0.15) is 31.4 Å². The van der Waals surface area contributed by atoms with E-state index in [4.69, 9.17) is 19.7 Å². The summed E-state index contributed by atoms with van der Waals surface area (Å²) < 4.78 is 9.82. The van der Waals surface area contributed by atoms with Crippen LogP contribution in [0, 0.1) is 0 Å². The highest BCUT2D eigenvalue weighted by atomic mass is 16.6. The van der Waals surface area contributed by atoms with Crippen LogP contribution in [0.15, 0.2) is 48.5 Å². The van der Waals surface area contributed by atoms with E-state index < -0.39 is 17.9 Å². The van der Waals surface area contributed by atoms with Crippen molar-refractivity contribution >= 4 is 17.9 Å². The third kappa shape index (κ3) is 9.18. The Bertz CT molecular complexity index is 769. The van der Waals surface area contributed by atoms with Gasteiger partial charge in [0, 0.05) is 20.3 Å². The van der Waals surface area contributed by atoms with E-state index >= 15 is 0 Å². The second-order valence-corrected chi connectivity index (χ2v) is 5.51. The summed E-state index contributed by atoms with van der Waals surface area (Å²) in [4.78, 5) is 32.4. The zero-order chi connectivity index (χ0) is 20.2. The normalized spacial score (nSPS) is 9.59. The van der Waals surface area contributed by atoms with Gasteiger partial charge in [0.25, 0.3) is 0 Å². The summed E-state index contributed by atoms with van der Waals surface area (Å²) in [5, 5.41) is 17.1. The van der Waals surface area contributed by atoms with Crippen LogP contribution in [0.4, 0.5) is 0 Å². The largest absolute Gasteiger partial charge is 0.481 e. The van der Waals surface area contributed by atoms with Gasteiger partial charge in [-0.2, -0.15) is 0 Å². The van der Waals surface area contributed by atoms with Crippen LogP contribution in [-0.2, 0) is 27.4 Å². The third-order valence-corrected chi connectivity index (χ3v) is 3.17. The fraction of sp³-hybridized carbons (Fsp3) is 0.250. The lowest BCUT2D eigenvalue weighted by Crippen LogP contribution is -2.07. The fourth-order valence-electron chi connectivity index (χ4n) is 2.02. The van der Waals surface area contributed by atoms with Gasteiger partial charge < -0.3 is 19.7 Å². The minimum absolute atomic E-state index is 0.0353. The lowest BCUT2D eigenvalue weighted by molar-refractivity contribution is -0.137. The topological polar surface area (TPSA) is 110 Å². The number of carbonyl (C=O) groups is 3. The van der Waals surface area contributed by atoms with E-state index in [-0.39, 0.29) is 24.5 Å². The summed E-state index contributed by atoms with van der Waals surface area (Å²) in [6.07, 6.45) is 0.260. The summed E-state index contributed by atoms with van der Waals surface area (Å²) in [6, 6.07) is 14.1. The van der Waals surface area contributed by atoms with E-state index in [9.17, 15) is 14.4 Å². The number of benzene rings is 2. The molecule has 0 atom stereocenters. The summed E-state index contributed by atoms with van der Waals surface area (Å²) in [7, 11) is 0. The van der Waals surface area contributed by atoms with Crippen LogP contribution in [0.2, 0.25) is 0 Å². The number of carboxylic acids is 1. The zero-order valence-corrected chi connectivity index (χ0v) is 15.2. The van der Waals surface area contributed by atoms with Gasteiger partial charge in [0.15, 0.2) is 11.5 Å². The van der Waals surface area contributed by atoms with Crippen molar-refractivity contribution in [1.82, 2.24) is 0 Å². The number of hydrogen-bond donors (Lipinski definition) is 2. The number of carboxylic acid groups (broad SMARTS) is 1. The molecule has 0 saturated heterocycles. The van der Waals surface area contributed by atoms with Crippen molar-refractivity contribution in [2.45, 2.75) is 33.3 Å². The molecular weight excluding hydrogens is 352 g/mol. The first-order valence-electron chi connectivity index (χ1n) is 8.18. The summed E-state index contributed by atoms with van der Waals surface area (Å²) >= 11 is 0. The second-order valence-electron chi connectivity index (χ2n) is 5.51. The van der Waals surface area contributed by atoms with Crippen molar-refractivity contribution in [3.05, 3.63) is 59.7 Å². The Hall–Kier alpha value is -3.19. The summed E-state index contributed by atoms with van der Waals surface area (Å²) in [5.41, 5.74) is 1.64. The number of hydrogen-bond acceptors (Lipinski definition) is 6. The molecule has 2 rings (SSSR count). The number of aliphatic carboxylic acids is 1. The smallest absolute Gasteiger partial charge is 0.308 e. The molecule has 0 unspecified atom stereocenters. The molecule has 2 N–H and O–H groups in total. The van der Waals surface area contributed by atoms with Crippen LogP contribution in [0.3, 0.4) is 0 Å². The third-order valence-electron chi connectivity index (χ3n) is 3.17. The van der Waals surface area contributed by atoms with Crippen LogP contribution >= 0.6 is 0 Å². The molecule has 0 aromatic heterocycles. The van der Waals surface area contributed by atoms with Gasteiger partial charge in [-0.3, -0.25) is 14.4 Å². The molecule has 0 heterocycles. The molecule has 0 aliphatic rings. The fourth-order valence-corrected chi connectivity index (χ4v) is 2.02. The SMILES string of the molecule is CC(=O)Oc1ccc(CCC(=O)O)cc1OC(C)=O.OCc1ccccc1. The zero-order valence-electron chi connectivity index (χ0n) is 15.2. The van der Waals surface area contributed by atoms with E-state index in [2.05, 4.69) is 0 Å². The average molecular weight is 374 g/mol. The Morgan fingerprint density at radius 3 is 1.93 bits per heavy atom. The van der Waals surface area contributed by atoms with Crippen molar-refractivity contribution < 1.29 is 34.1 Å². The minimum Gasteiger partial charge on any atom is -0.481 e. The number of esters is 2. The van der Waals surface area contributed by atoms with E-state index in [1.54, 1.807) is 6.07 Å². The maximum Gasteiger partial charge on any atom is 0.308 e. The van der Waals surface area contributed by atoms with Gasteiger partial charge in [0.2, 0.25) is 0 Å². The standard InChI is InChI=1S/C13H14O6.C7H8O/c1-8(14)18-11-5-3-10(4-6-13(16)17)7-12(11)19-9(2)15;8-6-7-4-2-1-3-5-7/h3,5,7H,4,6H2,1-2H3,(H,16,17);1-5,8H,6H2. The number of aliphatic hydroxyl groups is 1. The highest BCUT2D eigenvalue weighted by Gasteiger charge is 2.11. The minimum atomic E-state index is -0.918. The van der Waals surface area contributed by atoms with Crippen molar-refractivity contribution in [3.63, 3.8) is 0 Å². The quantitative estimate of drug-likeness (QED) is 0.591. The van der Waals surface area contributed by atoms with E-state index in [0.29, 0.717) is 12.0 Å². The van der Waals surface area contributed by atoms with Gasteiger partial charge in [-0.15, -0.1) is 0 Å². The van der Waals surface area contributed by atoms with Gasteiger partial charge in [0.1, 0.15) is 0 Å². The van der Waals surface area contributed by atoms with Crippen LogP contribution < -0.4 is 9.47 Å². The molecule has 144 valence electrons. The molecule has 7 heteroatoms. The molecule has 27 heavy (non-hydrogen) atoms. The molecular formula is C20H22O7. The van der Waals surface area contributed by atoms with Gasteiger partial charge in [-0.25, -0.2) is 0 Å². The molecule has 7 nitrogen and oxygen atoms in total. The van der Waals surface area contributed by atoms with E-state index in [1.165, 1.54) is 26.0 Å². The summed E-state index contributed by atoms with van der Waals surface area (Å²) in [5.74, 6) is -1.78. The number of carbonyl (C=O) groups excluding carboxylic acids is 2.